The number of hydrogen-bond donors (Lipinski definition) is 2. The normalized spacial score (nSPS) is 26.4. The highest BCUT2D eigenvalue weighted by Gasteiger charge is 2.44. The lowest BCUT2D eigenvalue weighted by Crippen LogP contribution is -2.62. The van der Waals surface area contributed by atoms with E-state index in [-0.39, 0.29) is 5.97 Å². The van der Waals surface area contributed by atoms with E-state index in [0.29, 0.717) is 25.1 Å². The minimum Gasteiger partial charge on any atom is -0.466 e. The molecule has 3 aliphatic heterocycles. The van der Waals surface area contributed by atoms with Crippen molar-refractivity contribution < 1.29 is 31.4 Å². The number of carbonyl (C=O) groups excluding carboxylic acids is 1. The molecule has 0 aromatic rings. The maximum Gasteiger partial charge on any atom is 0.673 e. The second kappa shape index (κ2) is 13.3. The first-order valence-corrected chi connectivity index (χ1v) is 12.4. The molecule has 3 heterocycles. The van der Waals surface area contributed by atoms with Gasteiger partial charge in [-0.15, -0.1) is 0 Å². The van der Waals surface area contributed by atoms with E-state index < -0.39 is 7.25 Å². The first-order valence-electron chi connectivity index (χ1n) is 12.4. The predicted molar refractivity (Wildman–Crippen MR) is 119 cm³/mol. The number of ether oxygens (including phenoxy) is 1. The molecule has 0 radical (unpaired) electrons. The second-order valence-electron chi connectivity index (χ2n) is 9.37. The number of nitrogens with one attached hydrogen (secondary N) is 2. The molecular weight excluding hydrogens is 425 g/mol. The van der Waals surface area contributed by atoms with Gasteiger partial charge < -0.3 is 22.0 Å². The molecule has 0 unspecified atom stereocenters. The molecule has 32 heavy (non-hydrogen) atoms. The smallest absolute Gasteiger partial charge is 0.466 e. The zero-order valence-electron chi connectivity index (χ0n) is 19.6. The van der Waals surface area contributed by atoms with E-state index in [4.69, 9.17) is 4.74 Å². The number of hydrogen-bond acceptors (Lipinski definition) is 4. The molecule has 0 saturated carbocycles. The fraction of sp³-hybridized carbons (Fsp3) is 0.909. The number of guanidine groups is 1. The predicted octanol–water partition coefficient (Wildman–Crippen LogP) is 5.00. The van der Waals surface area contributed by atoms with Crippen molar-refractivity contribution in [1.82, 2.24) is 10.6 Å². The largest absolute Gasteiger partial charge is 0.673 e. The number of unbranched alkanes of at least 4 members (excludes halogenated alkanes) is 5. The number of esters is 1. The molecule has 5 nitrogen and oxygen atoms in total. The second-order valence-corrected chi connectivity index (χ2v) is 9.37. The van der Waals surface area contributed by atoms with E-state index in [9.17, 15) is 22.1 Å². The first-order chi connectivity index (χ1) is 15.2. The van der Waals surface area contributed by atoms with Crippen LogP contribution in [-0.4, -0.2) is 54.5 Å². The Morgan fingerprint density at radius 1 is 1.00 bits per heavy atom. The van der Waals surface area contributed by atoms with Crippen LogP contribution in [0.4, 0.5) is 17.3 Å². The Labute approximate surface area is 189 Å². The van der Waals surface area contributed by atoms with Crippen LogP contribution in [0.3, 0.4) is 0 Å². The molecule has 1 saturated heterocycles. The minimum absolute atomic E-state index is 0.00845. The minimum atomic E-state index is -6.00. The highest BCUT2D eigenvalue weighted by molar-refractivity contribution is 6.50. The van der Waals surface area contributed by atoms with Crippen molar-refractivity contribution in [3.63, 3.8) is 0 Å². The van der Waals surface area contributed by atoms with Crippen LogP contribution in [0, 0.1) is 0 Å². The molecule has 2 N–H and O–H groups in total. The summed E-state index contributed by atoms with van der Waals surface area (Å²) in [6, 6.07) is 2.61. The lowest BCUT2D eigenvalue weighted by atomic mass is 9.99. The van der Waals surface area contributed by atoms with Crippen LogP contribution in [0.1, 0.15) is 97.3 Å². The highest BCUT2D eigenvalue weighted by Crippen LogP contribution is 2.31. The molecule has 0 aromatic heterocycles. The molecule has 0 amide bonds. The summed E-state index contributed by atoms with van der Waals surface area (Å²) in [6.45, 7) is 5.09. The van der Waals surface area contributed by atoms with Crippen molar-refractivity contribution in [2.75, 3.05) is 6.61 Å². The lowest BCUT2D eigenvalue weighted by Gasteiger charge is -2.35. The number of halogens is 4. The third kappa shape index (κ3) is 9.98. The molecule has 0 bridgehead atoms. The summed E-state index contributed by atoms with van der Waals surface area (Å²) in [5, 5.41) is 7.41. The average molecular weight is 465 g/mol. The topological polar surface area (TPSA) is 53.4 Å². The Kier molecular flexibility index (Phi) is 11.1. The summed E-state index contributed by atoms with van der Waals surface area (Å²) in [6.07, 6.45) is 15.0. The van der Waals surface area contributed by atoms with Crippen molar-refractivity contribution in [2.24, 2.45) is 0 Å². The van der Waals surface area contributed by atoms with Crippen LogP contribution >= 0.6 is 0 Å². The van der Waals surface area contributed by atoms with Gasteiger partial charge in [0.05, 0.1) is 30.8 Å². The number of carbonyl (C=O) groups is 1. The lowest BCUT2D eigenvalue weighted by molar-refractivity contribution is -0.593. The fourth-order valence-corrected chi connectivity index (χ4v) is 5.07. The zero-order valence-corrected chi connectivity index (χ0v) is 19.6. The van der Waals surface area contributed by atoms with E-state index in [2.05, 4.69) is 29.1 Å². The average Bonchev–Trinajstić information content (AvgIpc) is 3.09. The molecule has 0 spiro atoms. The number of nitrogens with zero attached hydrogens (tertiary/aromatic N) is 1. The maximum absolute atomic E-state index is 11.8. The van der Waals surface area contributed by atoms with Crippen LogP contribution in [0.5, 0.6) is 0 Å². The van der Waals surface area contributed by atoms with Gasteiger partial charge in [-0.3, -0.25) is 20.0 Å². The Bertz CT molecular complexity index is 612. The number of rotatable bonds is 11. The van der Waals surface area contributed by atoms with Gasteiger partial charge in [0, 0.05) is 19.3 Å². The molecule has 0 aromatic carbocycles. The standard InChI is InChI=1S/C22H39N3O2.BF4/c1-3-4-5-6-7-11-21(26)27-14-9-8-10-18-16-20-13-12-19-15-17(2)23-22(24-18)25(19)20;2-1(3,4)5/h17-20H,3-16H2,1-2H3,(H,23,24);/q;-1/p+1/t17-,18+,19+,20-;/m1./s1. The molecule has 10 heteroatoms. The summed E-state index contributed by atoms with van der Waals surface area (Å²) >= 11 is 0. The third-order valence-corrected chi connectivity index (χ3v) is 6.48. The van der Waals surface area contributed by atoms with Gasteiger partial charge in [-0.2, -0.15) is 0 Å². The van der Waals surface area contributed by atoms with Crippen LogP contribution in [0.2, 0.25) is 0 Å². The Morgan fingerprint density at radius 3 is 2.34 bits per heavy atom. The molecule has 0 aliphatic carbocycles. The molecule has 3 aliphatic rings. The van der Waals surface area contributed by atoms with Gasteiger partial charge in [0.25, 0.3) is 0 Å². The van der Waals surface area contributed by atoms with E-state index in [1.807, 2.05) is 0 Å². The van der Waals surface area contributed by atoms with Crippen molar-refractivity contribution in [1.29, 1.82) is 0 Å². The van der Waals surface area contributed by atoms with Gasteiger partial charge in [-0.25, -0.2) is 0 Å². The Morgan fingerprint density at radius 2 is 1.66 bits per heavy atom. The van der Waals surface area contributed by atoms with E-state index in [1.54, 1.807) is 0 Å². The van der Waals surface area contributed by atoms with E-state index >= 15 is 0 Å². The quantitative estimate of drug-likeness (QED) is 0.148. The van der Waals surface area contributed by atoms with Crippen LogP contribution in [0.15, 0.2) is 0 Å². The summed E-state index contributed by atoms with van der Waals surface area (Å²) in [5.41, 5.74) is 0. The van der Waals surface area contributed by atoms with Crippen molar-refractivity contribution in [3.05, 3.63) is 0 Å². The molecule has 1 fully saturated rings. The Balaban J connectivity index is 0.000000654. The summed E-state index contributed by atoms with van der Waals surface area (Å²) < 4.78 is 47.0. The van der Waals surface area contributed by atoms with Gasteiger partial charge in [-0.1, -0.05) is 32.6 Å². The third-order valence-electron chi connectivity index (χ3n) is 6.48. The molecular formula is C22H40BF4N3O2. The first kappa shape index (κ1) is 26.8. The molecule has 3 rings (SSSR count). The SMILES string of the molecule is CCCCCCCC(=O)OCCCC[C@H]1C[C@H]2CC[C@H]3C[C@@H](C)NC(=[N+]23)N1.F[B-](F)(F)F. The van der Waals surface area contributed by atoms with Gasteiger partial charge in [0.2, 0.25) is 0 Å². The highest BCUT2D eigenvalue weighted by atomic mass is 19.5. The monoisotopic (exact) mass is 465 g/mol. The van der Waals surface area contributed by atoms with Crippen LogP contribution in [-0.2, 0) is 9.53 Å². The van der Waals surface area contributed by atoms with Crippen molar-refractivity contribution >= 4 is 19.2 Å². The van der Waals surface area contributed by atoms with Crippen molar-refractivity contribution in [2.45, 2.75) is 121 Å². The molecule has 4 atom stereocenters. The van der Waals surface area contributed by atoms with E-state index in [0.717, 1.165) is 37.8 Å². The molecule has 186 valence electrons. The summed E-state index contributed by atoms with van der Waals surface area (Å²) in [7, 11) is -6.00. The van der Waals surface area contributed by atoms with Crippen molar-refractivity contribution in [3.8, 4) is 0 Å². The fourth-order valence-electron chi connectivity index (χ4n) is 5.07. The van der Waals surface area contributed by atoms with Gasteiger partial charge in [-0.05, 0) is 45.4 Å². The van der Waals surface area contributed by atoms with E-state index in [1.165, 1.54) is 57.3 Å². The zero-order chi connectivity index (χ0) is 23.6. The van der Waals surface area contributed by atoms with Gasteiger partial charge >= 0.3 is 19.2 Å². The van der Waals surface area contributed by atoms with Crippen LogP contribution in [0.25, 0.3) is 0 Å². The van der Waals surface area contributed by atoms with Crippen LogP contribution < -0.4 is 10.6 Å². The van der Waals surface area contributed by atoms with Gasteiger partial charge in [0.15, 0.2) is 0 Å². The summed E-state index contributed by atoms with van der Waals surface area (Å²) in [5.74, 6) is 1.28. The van der Waals surface area contributed by atoms with Gasteiger partial charge in [0.1, 0.15) is 0 Å². The Hall–Kier alpha value is -1.48. The summed E-state index contributed by atoms with van der Waals surface area (Å²) in [4.78, 5) is 11.8. The maximum atomic E-state index is 11.8.